The fourth-order valence-electron chi connectivity index (χ4n) is 3.39. The second-order valence-corrected chi connectivity index (χ2v) is 10.9. The van der Waals surface area contributed by atoms with Gasteiger partial charge in [-0.15, -0.1) is 0 Å². The summed E-state index contributed by atoms with van der Waals surface area (Å²) in [6, 6.07) is 12.3. The predicted octanol–water partition coefficient (Wildman–Crippen LogP) is 4.48. The van der Waals surface area contributed by atoms with Crippen LogP contribution in [0.5, 0.6) is 0 Å². The van der Waals surface area contributed by atoms with E-state index in [0.29, 0.717) is 27.7 Å². The first-order valence-corrected chi connectivity index (χ1v) is 13.6. The van der Waals surface area contributed by atoms with Crippen molar-refractivity contribution in [3.05, 3.63) is 64.1 Å². The van der Waals surface area contributed by atoms with E-state index in [1.165, 1.54) is 17.0 Å². The van der Waals surface area contributed by atoms with Gasteiger partial charge in [-0.3, -0.25) is 13.9 Å². The smallest absolute Gasteiger partial charge is 0.244 e. The summed E-state index contributed by atoms with van der Waals surface area (Å²) >= 11 is 12.3. The van der Waals surface area contributed by atoms with Crippen LogP contribution in [0.1, 0.15) is 39.2 Å². The van der Waals surface area contributed by atoms with E-state index >= 15 is 0 Å². The zero-order chi connectivity index (χ0) is 25.5. The molecule has 0 aliphatic carbocycles. The Labute approximate surface area is 212 Å². The summed E-state index contributed by atoms with van der Waals surface area (Å²) in [5.74, 6) is -0.818. The summed E-state index contributed by atoms with van der Waals surface area (Å²) in [6.07, 6.45) is 2.11. The number of benzene rings is 2. The minimum absolute atomic E-state index is 0.0587. The van der Waals surface area contributed by atoms with Gasteiger partial charge in [-0.05, 0) is 55.7 Å². The van der Waals surface area contributed by atoms with E-state index in [4.69, 9.17) is 23.2 Å². The largest absolute Gasteiger partial charge is 0.352 e. The maximum absolute atomic E-state index is 13.6. The summed E-state index contributed by atoms with van der Waals surface area (Å²) in [7, 11) is -3.80. The number of nitrogens with zero attached hydrogens (tertiary/aromatic N) is 2. The summed E-state index contributed by atoms with van der Waals surface area (Å²) in [5, 5.41) is 3.82. The molecule has 186 valence electrons. The maximum Gasteiger partial charge on any atom is 0.244 e. The van der Waals surface area contributed by atoms with Crippen LogP contribution in [-0.2, 0) is 26.2 Å². The molecule has 2 rings (SSSR count). The third-order valence-electron chi connectivity index (χ3n) is 5.48. The average molecular weight is 529 g/mol. The molecular weight excluding hydrogens is 497 g/mol. The van der Waals surface area contributed by atoms with Crippen LogP contribution in [0.15, 0.2) is 48.5 Å². The van der Waals surface area contributed by atoms with Crippen molar-refractivity contribution in [3.8, 4) is 0 Å². The first kappa shape index (κ1) is 28.0. The van der Waals surface area contributed by atoms with Gasteiger partial charge in [-0.1, -0.05) is 55.2 Å². The zero-order valence-electron chi connectivity index (χ0n) is 19.8. The average Bonchev–Trinajstić information content (AvgIpc) is 2.78. The monoisotopic (exact) mass is 527 g/mol. The third-order valence-corrected chi connectivity index (χ3v) is 7.24. The quantitative estimate of drug-likeness (QED) is 0.466. The van der Waals surface area contributed by atoms with E-state index in [2.05, 4.69) is 5.32 Å². The SMILES string of the molecule is CC[C@H](C(=O)N[C@@H](C)CC)N(Cc1ccccc1Cl)C(=O)CN(c1ccc(Cl)cc1)S(C)(=O)=O. The molecule has 0 unspecified atom stereocenters. The van der Waals surface area contributed by atoms with Gasteiger partial charge in [-0.25, -0.2) is 8.42 Å². The number of carbonyl (C=O) groups excluding carboxylic acids is 2. The molecule has 2 atom stereocenters. The summed E-state index contributed by atoms with van der Waals surface area (Å²) in [4.78, 5) is 28.1. The molecule has 2 aromatic carbocycles. The van der Waals surface area contributed by atoms with Gasteiger partial charge in [0.1, 0.15) is 12.6 Å². The fourth-order valence-corrected chi connectivity index (χ4v) is 4.56. The highest BCUT2D eigenvalue weighted by molar-refractivity contribution is 7.92. The molecular formula is C24H31Cl2N3O4S. The van der Waals surface area contributed by atoms with E-state index < -0.39 is 28.5 Å². The second-order valence-electron chi connectivity index (χ2n) is 8.10. The minimum atomic E-state index is -3.80. The lowest BCUT2D eigenvalue weighted by Gasteiger charge is -2.33. The molecule has 2 aromatic rings. The standard InChI is InChI=1S/C24H31Cl2N3O4S/c1-5-17(3)27-24(31)22(6-2)28(15-18-9-7-8-10-21(18)26)23(30)16-29(34(4,32)33)20-13-11-19(25)12-14-20/h7-14,17,22H,5-6,15-16H2,1-4H3,(H,27,31)/t17-,22+/m0/s1. The summed E-state index contributed by atoms with van der Waals surface area (Å²) in [6.45, 7) is 5.23. The van der Waals surface area contributed by atoms with Gasteiger partial charge in [0.05, 0.1) is 11.9 Å². The van der Waals surface area contributed by atoms with Crippen molar-refractivity contribution in [2.75, 3.05) is 17.1 Å². The van der Waals surface area contributed by atoms with Gasteiger partial charge in [0.15, 0.2) is 0 Å². The maximum atomic E-state index is 13.6. The van der Waals surface area contributed by atoms with Gasteiger partial charge in [-0.2, -0.15) is 0 Å². The molecule has 34 heavy (non-hydrogen) atoms. The molecule has 0 bridgehead atoms. The molecule has 7 nitrogen and oxygen atoms in total. The van der Waals surface area contributed by atoms with Crippen LogP contribution < -0.4 is 9.62 Å². The van der Waals surface area contributed by atoms with E-state index in [-0.39, 0.29) is 18.5 Å². The number of amides is 2. The lowest BCUT2D eigenvalue weighted by molar-refractivity contribution is -0.140. The molecule has 0 saturated heterocycles. The van der Waals surface area contributed by atoms with Crippen LogP contribution in [-0.4, -0.2) is 50.0 Å². The molecule has 2 amide bonds. The third kappa shape index (κ3) is 7.61. The number of hydrogen-bond acceptors (Lipinski definition) is 4. The highest BCUT2D eigenvalue weighted by Crippen LogP contribution is 2.23. The van der Waals surface area contributed by atoms with Gasteiger partial charge in [0.2, 0.25) is 21.8 Å². The van der Waals surface area contributed by atoms with E-state index in [0.717, 1.165) is 17.0 Å². The molecule has 1 N–H and O–H groups in total. The molecule has 0 aliphatic heterocycles. The van der Waals surface area contributed by atoms with Crippen LogP contribution in [0.3, 0.4) is 0 Å². The van der Waals surface area contributed by atoms with Gasteiger partial charge < -0.3 is 10.2 Å². The number of anilines is 1. The van der Waals surface area contributed by atoms with E-state index in [1.54, 1.807) is 43.3 Å². The highest BCUT2D eigenvalue weighted by atomic mass is 35.5. The van der Waals surface area contributed by atoms with Crippen molar-refractivity contribution in [1.82, 2.24) is 10.2 Å². The van der Waals surface area contributed by atoms with Crippen molar-refractivity contribution in [3.63, 3.8) is 0 Å². The van der Waals surface area contributed by atoms with Crippen LogP contribution in [0.25, 0.3) is 0 Å². The Bertz CT molecular complexity index is 1090. The van der Waals surface area contributed by atoms with Gasteiger partial charge in [0.25, 0.3) is 0 Å². The zero-order valence-corrected chi connectivity index (χ0v) is 22.1. The number of sulfonamides is 1. The summed E-state index contributed by atoms with van der Waals surface area (Å²) in [5.41, 5.74) is 0.958. The van der Waals surface area contributed by atoms with Crippen LogP contribution in [0.4, 0.5) is 5.69 Å². The van der Waals surface area contributed by atoms with Gasteiger partial charge >= 0.3 is 0 Å². The van der Waals surface area contributed by atoms with Crippen molar-refractivity contribution in [2.24, 2.45) is 0 Å². The molecule has 0 heterocycles. The predicted molar refractivity (Wildman–Crippen MR) is 138 cm³/mol. The summed E-state index contributed by atoms with van der Waals surface area (Å²) < 4.78 is 26.1. The molecule has 0 aromatic heterocycles. The Kier molecular flexibility index (Phi) is 10.2. The highest BCUT2D eigenvalue weighted by Gasteiger charge is 2.32. The molecule has 0 aliphatic rings. The van der Waals surface area contributed by atoms with Crippen LogP contribution in [0.2, 0.25) is 10.0 Å². The van der Waals surface area contributed by atoms with Gasteiger partial charge in [0, 0.05) is 22.6 Å². The molecule has 0 spiro atoms. The first-order chi connectivity index (χ1) is 16.0. The van der Waals surface area contributed by atoms with Crippen molar-refractivity contribution < 1.29 is 18.0 Å². The van der Waals surface area contributed by atoms with E-state index in [9.17, 15) is 18.0 Å². The van der Waals surface area contributed by atoms with E-state index in [1.807, 2.05) is 13.8 Å². The Morgan fingerprint density at radius 2 is 1.62 bits per heavy atom. The number of carbonyl (C=O) groups is 2. The van der Waals surface area contributed by atoms with Crippen LogP contribution in [0, 0.1) is 0 Å². The van der Waals surface area contributed by atoms with Crippen molar-refractivity contribution in [1.29, 1.82) is 0 Å². The molecule has 0 fully saturated rings. The van der Waals surface area contributed by atoms with Crippen molar-refractivity contribution in [2.45, 2.75) is 52.2 Å². The lowest BCUT2D eigenvalue weighted by Crippen LogP contribution is -2.53. The number of nitrogens with one attached hydrogen (secondary N) is 1. The normalized spacial score (nSPS) is 13.1. The second kappa shape index (κ2) is 12.4. The molecule has 0 saturated carbocycles. The Balaban J connectivity index is 2.44. The fraction of sp³-hybridized carbons (Fsp3) is 0.417. The molecule has 10 heteroatoms. The lowest BCUT2D eigenvalue weighted by atomic mass is 10.1. The molecule has 0 radical (unpaired) electrons. The van der Waals surface area contributed by atoms with Crippen LogP contribution >= 0.6 is 23.2 Å². The number of halogens is 2. The number of hydrogen-bond donors (Lipinski definition) is 1. The Morgan fingerprint density at radius 1 is 1.00 bits per heavy atom. The topological polar surface area (TPSA) is 86.8 Å². The first-order valence-electron chi connectivity index (χ1n) is 11.0. The Hall–Kier alpha value is -2.29. The van der Waals surface area contributed by atoms with Crippen molar-refractivity contribution >= 4 is 50.7 Å². The Morgan fingerprint density at radius 3 is 2.15 bits per heavy atom. The minimum Gasteiger partial charge on any atom is -0.352 e. The number of rotatable bonds is 11.